The Labute approximate surface area is 205 Å². The quantitative estimate of drug-likeness (QED) is 0.257. The third-order valence-electron chi connectivity index (χ3n) is 4.83. The van der Waals surface area contributed by atoms with Gasteiger partial charge in [-0.25, -0.2) is 4.79 Å². The lowest BCUT2D eigenvalue weighted by molar-refractivity contribution is -0.148. The van der Waals surface area contributed by atoms with E-state index in [2.05, 4.69) is 21.3 Å². The zero-order valence-corrected chi connectivity index (χ0v) is 21.1. The van der Waals surface area contributed by atoms with Gasteiger partial charge in [0.2, 0.25) is 17.7 Å². The molecule has 0 spiro atoms. The van der Waals surface area contributed by atoms with Crippen LogP contribution in [0.1, 0.15) is 57.5 Å². The largest absolute Gasteiger partial charge is 0.478 e. The smallest absolute Gasteiger partial charge is 0.336 e. The highest BCUT2D eigenvalue weighted by Crippen LogP contribution is 2.18. The van der Waals surface area contributed by atoms with Gasteiger partial charge in [0.25, 0.3) is 0 Å². The standard InChI is InChI=1S/C24H36N4O7/c1-13(2)21(28-20(30)10-25-15(5)6)22(31)26-11-19(29)27-17-8-7-16(18(9-17)23(32)33)12-35-24(34)14(3)4/h7-9,13-15,21,25H,10-12H2,1-6H3,(H,26,31)(H,27,29)(H,28,30)(H,32,33). The third-order valence-corrected chi connectivity index (χ3v) is 4.83. The first-order valence-corrected chi connectivity index (χ1v) is 11.4. The number of carboxylic acids is 1. The van der Waals surface area contributed by atoms with Crippen molar-refractivity contribution in [3.63, 3.8) is 0 Å². The summed E-state index contributed by atoms with van der Waals surface area (Å²) < 4.78 is 5.09. The van der Waals surface area contributed by atoms with E-state index in [1.807, 2.05) is 13.8 Å². The molecule has 1 aromatic carbocycles. The lowest BCUT2D eigenvalue weighted by Gasteiger charge is -2.22. The second-order valence-electron chi connectivity index (χ2n) is 9.03. The number of carbonyl (C=O) groups excluding carboxylic acids is 4. The van der Waals surface area contributed by atoms with Gasteiger partial charge in [-0.05, 0) is 18.1 Å². The zero-order chi connectivity index (χ0) is 26.7. The Bertz CT molecular complexity index is 928. The first kappa shape index (κ1) is 29.6. The highest BCUT2D eigenvalue weighted by atomic mass is 16.5. The molecule has 0 heterocycles. The van der Waals surface area contributed by atoms with Crippen molar-refractivity contribution < 1.29 is 33.8 Å². The molecule has 11 nitrogen and oxygen atoms in total. The number of carboxylic acid groups (broad SMARTS) is 1. The zero-order valence-electron chi connectivity index (χ0n) is 21.1. The van der Waals surface area contributed by atoms with Gasteiger partial charge in [-0.2, -0.15) is 0 Å². The van der Waals surface area contributed by atoms with Gasteiger partial charge in [-0.1, -0.05) is 47.6 Å². The minimum Gasteiger partial charge on any atom is -0.478 e. The van der Waals surface area contributed by atoms with E-state index in [0.29, 0.717) is 0 Å². The molecule has 0 bridgehead atoms. The lowest BCUT2D eigenvalue weighted by Crippen LogP contribution is -2.52. The van der Waals surface area contributed by atoms with E-state index in [9.17, 15) is 29.1 Å². The molecule has 11 heteroatoms. The Kier molecular flexibility index (Phi) is 11.9. The topological polar surface area (TPSA) is 163 Å². The number of anilines is 1. The van der Waals surface area contributed by atoms with Crippen LogP contribution in [0.4, 0.5) is 5.69 Å². The van der Waals surface area contributed by atoms with Crippen LogP contribution < -0.4 is 21.3 Å². The maximum absolute atomic E-state index is 12.5. The summed E-state index contributed by atoms with van der Waals surface area (Å²) in [6.07, 6.45) is 0. The molecule has 0 saturated heterocycles. The molecular formula is C24H36N4O7. The van der Waals surface area contributed by atoms with E-state index in [0.717, 1.165) is 0 Å². The molecule has 3 amide bonds. The predicted octanol–water partition coefficient (Wildman–Crippen LogP) is 1.28. The number of esters is 1. The fourth-order valence-corrected chi connectivity index (χ4v) is 2.83. The molecule has 0 radical (unpaired) electrons. The number of rotatable bonds is 13. The van der Waals surface area contributed by atoms with Crippen molar-refractivity contribution >= 4 is 35.3 Å². The van der Waals surface area contributed by atoms with Gasteiger partial charge in [0.15, 0.2) is 0 Å². The van der Waals surface area contributed by atoms with Crippen LogP contribution in [-0.4, -0.2) is 59.9 Å². The second-order valence-corrected chi connectivity index (χ2v) is 9.03. The van der Waals surface area contributed by atoms with Crippen molar-refractivity contribution in [1.82, 2.24) is 16.0 Å². The molecule has 0 fully saturated rings. The molecule has 1 aromatic rings. The molecule has 0 saturated carbocycles. The lowest BCUT2D eigenvalue weighted by atomic mass is 10.0. The summed E-state index contributed by atoms with van der Waals surface area (Å²) >= 11 is 0. The van der Waals surface area contributed by atoms with Gasteiger partial charge < -0.3 is 31.1 Å². The van der Waals surface area contributed by atoms with Crippen molar-refractivity contribution in [2.24, 2.45) is 11.8 Å². The summed E-state index contributed by atoms with van der Waals surface area (Å²) in [6.45, 7) is 10.1. The highest BCUT2D eigenvalue weighted by Gasteiger charge is 2.24. The van der Waals surface area contributed by atoms with E-state index < -0.39 is 29.8 Å². The van der Waals surface area contributed by atoms with E-state index >= 15 is 0 Å². The van der Waals surface area contributed by atoms with Gasteiger partial charge in [0, 0.05) is 17.3 Å². The van der Waals surface area contributed by atoms with E-state index in [4.69, 9.17) is 4.74 Å². The van der Waals surface area contributed by atoms with Gasteiger partial charge in [-0.15, -0.1) is 0 Å². The third kappa shape index (κ3) is 10.6. The van der Waals surface area contributed by atoms with Crippen LogP contribution in [-0.2, 0) is 30.5 Å². The summed E-state index contributed by atoms with van der Waals surface area (Å²) in [5.41, 5.74) is 0.357. The van der Waals surface area contributed by atoms with Gasteiger partial charge >= 0.3 is 11.9 Å². The van der Waals surface area contributed by atoms with Gasteiger partial charge in [0.1, 0.15) is 12.6 Å². The number of ether oxygens (including phenoxy) is 1. The van der Waals surface area contributed by atoms with Crippen LogP contribution >= 0.6 is 0 Å². The predicted molar refractivity (Wildman–Crippen MR) is 130 cm³/mol. The first-order valence-electron chi connectivity index (χ1n) is 11.4. The number of hydrogen-bond acceptors (Lipinski definition) is 7. The Hall–Kier alpha value is -3.47. The Morgan fingerprint density at radius 1 is 0.943 bits per heavy atom. The van der Waals surface area contributed by atoms with Crippen LogP contribution in [0.15, 0.2) is 18.2 Å². The number of carbonyl (C=O) groups is 5. The Morgan fingerprint density at radius 2 is 1.60 bits per heavy atom. The van der Waals surface area contributed by atoms with Gasteiger partial charge in [-0.3, -0.25) is 19.2 Å². The summed E-state index contributed by atoms with van der Waals surface area (Å²) in [4.78, 5) is 60.2. The maximum atomic E-state index is 12.5. The van der Waals surface area contributed by atoms with Crippen LogP contribution in [0.5, 0.6) is 0 Å². The summed E-state index contributed by atoms with van der Waals surface area (Å²) in [6, 6.07) is 3.46. The Morgan fingerprint density at radius 3 is 2.14 bits per heavy atom. The molecule has 0 aromatic heterocycles. The van der Waals surface area contributed by atoms with Crippen molar-refractivity contribution in [1.29, 1.82) is 0 Å². The summed E-state index contributed by atoms with van der Waals surface area (Å²) in [5, 5.41) is 20.1. The van der Waals surface area contributed by atoms with Crippen LogP contribution in [0.2, 0.25) is 0 Å². The maximum Gasteiger partial charge on any atom is 0.336 e. The van der Waals surface area contributed by atoms with Crippen molar-refractivity contribution in [2.45, 2.75) is 60.2 Å². The molecule has 0 aliphatic heterocycles. The molecule has 1 rings (SSSR count). The summed E-state index contributed by atoms with van der Waals surface area (Å²) in [5.74, 6) is -3.69. The van der Waals surface area contributed by atoms with Crippen LogP contribution in [0.3, 0.4) is 0 Å². The molecule has 1 unspecified atom stereocenters. The van der Waals surface area contributed by atoms with Gasteiger partial charge in [0.05, 0.1) is 24.6 Å². The SMILES string of the molecule is CC(C)NCC(=O)NC(C(=O)NCC(=O)Nc1ccc(COC(=O)C(C)C)c(C(=O)O)c1)C(C)C. The minimum atomic E-state index is -1.24. The highest BCUT2D eigenvalue weighted by molar-refractivity contribution is 5.97. The van der Waals surface area contributed by atoms with Crippen molar-refractivity contribution in [3.8, 4) is 0 Å². The minimum absolute atomic E-state index is 0.0627. The van der Waals surface area contributed by atoms with Crippen molar-refractivity contribution in [2.75, 3.05) is 18.4 Å². The van der Waals surface area contributed by atoms with Crippen molar-refractivity contribution in [3.05, 3.63) is 29.3 Å². The van der Waals surface area contributed by atoms with Crippen LogP contribution in [0, 0.1) is 11.8 Å². The first-order chi connectivity index (χ1) is 16.3. The fraction of sp³-hybridized carbons (Fsp3) is 0.542. The number of amides is 3. The normalized spacial score (nSPS) is 11.8. The molecule has 0 aliphatic carbocycles. The molecule has 194 valence electrons. The van der Waals surface area contributed by atoms with E-state index in [1.54, 1.807) is 27.7 Å². The number of hydrogen-bond donors (Lipinski definition) is 5. The number of benzene rings is 1. The monoisotopic (exact) mass is 492 g/mol. The molecule has 0 aliphatic rings. The van der Waals surface area contributed by atoms with E-state index in [-0.39, 0.29) is 60.3 Å². The fourth-order valence-electron chi connectivity index (χ4n) is 2.83. The average Bonchev–Trinajstić information content (AvgIpc) is 2.77. The average molecular weight is 493 g/mol. The molecule has 35 heavy (non-hydrogen) atoms. The second kappa shape index (κ2) is 14.1. The van der Waals surface area contributed by atoms with Crippen LogP contribution in [0.25, 0.3) is 0 Å². The molecule has 5 N–H and O–H groups in total. The number of aromatic carboxylic acids is 1. The summed E-state index contributed by atoms with van der Waals surface area (Å²) in [7, 11) is 0. The molecular weight excluding hydrogens is 456 g/mol. The number of nitrogens with one attached hydrogen (secondary N) is 4. The molecule has 1 atom stereocenters. The van der Waals surface area contributed by atoms with E-state index in [1.165, 1.54) is 18.2 Å². The Balaban J connectivity index is 2.73.